The summed E-state index contributed by atoms with van der Waals surface area (Å²) in [5.41, 5.74) is -2.08. The van der Waals surface area contributed by atoms with E-state index in [1.807, 2.05) is 0 Å². The Labute approximate surface area is 177 Å². The van der Waals surface area contributed by atoms with Gasteiger partial charge in [0.2, 0.25) is 0 Å². The van der Waals surface area contributed by atoms with Crippen LogP contribution in [0.15, 0.2) is 15.8 Å². The number of anilines is 1. The zero-order chi connectivity index (χ0) is 21.9. The molecule has 5 aliphatic rings. The van der Waals surface area contributed by atoms with E-state index in [1.54, 1.807) is 0 Å². The second kappa shape index (κ2) is 7.44. The summed E-state index contributed by atoms with van der Waals surface area (Å²) in [6.45, 7) is -0.550. The lowest BCUT2D eigenvalue weighted by atomic mass is 9.53. The van der Waals surface area contributed by atoms with Gasteiger partial charge in [-0.3, -0.25) is 14.3 Å². The molecule has 1 saturated heterocycles. The van der Waals surface area contributed by atoms with Crippen molar-refractivity contribution < 1.29 is 24.9 Å². The van der Waals surface area contributed by atoms with Crippen molar-refractivity contribution in [2.24, 2.45) is 17.8 Å². The van der Waals surface area contributed by atoms with Crippen molar-refractivity contribution >= 4 is 11.7 Å². The molecule has 1 aromatic heterocycles. The van der Waals surface area contributed by atoms with E-state index in [0.29, 0.717) is 17.8 Å². The second-order valence-electron chi connectivity index (χ2n) is 9.72. The van der Waals surface area contributed by atoms with Gasteiger partial charge in [-0.25, -0.2) is 9.59 Å². The first-order chi connectivity index (χ1) is 14.8. The van der Waals surface area contributed by atoms with E-state index < -0.39 is 48.4 Å². The number of rotatable bonds is 4. The van der Waals surface area contributed by atoms with E-state index in [2.05, 4.69) is 15.6 Å². The van der Waals surface area contributed by atoms with Gasteiger partial charge in [-0.1, -0.05) is 0 Å². The molecule has 31 heavy (non-hydrogen) atoms. The number of aromatic amines is 1. The van der Waals surface area contributed by atoms with Gasteiger partial charge in [-0.05, 0) is 56.3 Å². The van der Waals surface area contributed by atoms with Crippen LogP contribution < -0.4 is 21.9 Å². The lowest BCUT2D eigenvalue weighted by molar-refractivity contribution is -0.0549. The molecular formula is C20H28N4O7. The summed E-state index contributed by atoms with van der Waals surface area (Å²) in [5, 5.41) is 35.0. The summed E-state index contributed by atoms with van der Waals surface area (Å²) in [5.74, 6) is 1.93. The van der Waals surface area contributed by atoms with Crippen molar-refractivity contribution in [2.45, 2.75) is 68.6 Å². The Balaban J connectivity index is 1.34. The maximum atomic E-state index is 12.8. The van der Waals surface area contributed by atoms with Gasteiger partial charge in [-0.15, -0.1) is 0 Å². The summed E-state index contributed by atoms with van der Waals surface area (Å²) in [6.07, 6.45) is 2.35. The Kier molecular flexibility index (Phi) is 4.96. The molecule has 11 heteroatoms. The van der Waals surface area contributed by atoms with Crippen molar-refractivity contribution in [1.29, 1.82) is 0 Å². The van der Waals surface area contributed by atoms with Crippen LogP contribution in [0.4, 0.5) is 10.5 Å². The number of nitrogens with zero attached hydrogens (tertiary/aromatic N) is 1. The van der Waals surface area contributed by atoms with Crippen molar-refractivity contribution in [1.82, 2.24) is 14.9 Å². The third-order valence-electron chi connectivity index (χ3n) is 7.42. The highest BCUT2D eigenvalue weighted by atomic mass is 16.6. The molecule has 4 bridgehead atoms. The first-order valence-corrected chi connectivity index (χ1v) is 10.8. The summed E-state index contributed by atoms with van der Waals surface area (Å²) in [7, 11) is 0. The van der Waals surface area contributed by atoms with Crippen molar-refractivity contribution in [3.63, 3.8) is 0 Å². The number of nitrogens with one attached hydrogen (secondary N) is 3. The summed E-state index contributed by atoms with van der Waals surface area (Å²) >= 11 is 0. The smallest absolute Gasteiger partial charge is 0.330 e. The predicted octanol–water partition coefficient (Wildman–Crippen LogP) is -0.762. The fourth-order valence-corrected chi connectivity index (χ4v) is 6.53. The minimum atomic E-state index is -1.49. The van der Waals surface area contributed by atoms with Crippen LogP contribution in [0.5, 0.6) is 0 Å². The maximum absolute atomic E-state index is 12.8. The molecule has 6 N–H and O–H groups in total. The van der Waals surface area contributed by atoms with Crippen LogP contribution in [-0.2, 0) is 4.74 Å². The highest BCUT2D eigenvalue weighted by Crippen LogP contribution is 2.55. The Morgan fingerprint density at radius 2 is 1.74 bits per heavy atom. The zero-order valence-corrected chi connectivity index (χ0v) is 17.0. The molecule has 5 fully saturated rings. The number of H-pyrrole nitrogens is 1. The Bertz CT molecular complexity index is 953. The molecule has 0 spiro atoms. The van der Waals surface area contributed by atoms with Crippen molar-refractivity contribution in [3.05, 3.63) is 27.0 Å². The number of hydrogen-bond donors (Lipinski definition) is 6. The molecule has 4 saturated carbocycles. The molecule has 4 aliphatic carbocycles. The van der Waals surface area contributed by atoms with Gasteiger partial charge < -0.3 is 30.7 Å². The van der Waals surface area contributed by atoms with Crippen molar-refractivity contribution in [3.8, 4) is 0 Å². The Hall–Kier alpha value is -2.21. The van der Waals surface area contributed by atoms with E-state index in [1.165, 1.54) is 19.3 Å². The molecule has 1 aliphatic heterocycles. The van der Waals surface area contributed by atoms with Gasteiger partial charge in [0.25, 0.3) is 5.56 Å². The molecule has 0 aromatic carbocycles. The van der Waals surface area contributed by atoms with Gasteiger partial charge in [0.1, 0.15) is 24.0 Å². The number of carbonyl (C=O) groups is 1. The molecule has 6 rings (SSSR count). The van der Waals surface area contributed by atoms with Crippen LogP contribution in [-0.4, -0.2) is 61.4 Å². The standard InChI is InChI=1S/C20H28N4O7/c25-8-13-14(26)15(27)17(31-13)24-7-12(16(28)22-19(24)30)21-18(29)23-20-4-9-1-10(5-20)3-11(2-9)6-20/h7,9-11,13-15,17,25-27H,1-6,8H2,(H2,21,23,29)(H,22,28,30). The SMILES string of the molecule is O=C(Nc1cn(C2OC(CO)C(O)C2O)c(=O)[nH]c1=O)NC12CC3CC(CC(C3)C1)C2. The lowest BCUT2D eigenvalue weighted by Crippen LogP contribution is -2.60. The number of aliphatic hydroxyl groups is 3. The maximum Gasteiger partial charge on any atom is 0.330 e. The molecule has 4 atom stereocenters. The minimum absolute atomic E-state index is 0.181. The van der Waals surface area contributed by atoms with Crippen LogP contribution in [0.3, 0.4) is 0 Å². The quantitative estimate of drug-likeness (QED) is 0.361. The second-order valence-corrected chi connectivity index (χ2v) is 9.72. The molecule has 0 radical (unpaired) electrons. The molecule has 170 valence electrons. The highest BCUT2D eigenvalue weighted by Gasteiger charge is 2.51. The number of amides is 2. The number of ether oxygens (including phenoxy) is 1. The lowest BCUT2D eigenvalue weighted by Gasteiger charge is -2.56. The number of carbonyl (C=O) groups excluding carboxylic acids is 1. The minimum Gasteiger partial charge on any atom is -0.394 e. The van der Waals surface area contributed by atoms with E-state index >= 15 is 0 Å². The van der Waals surface area contributed by atoms with Crippen LogP contribution in [0.25, 0.3) is 0 Å². The fourth-order valence-electron chi connectivity index (χ4n) is 6.53. The zero-order valence-electron chi connectivity index (χ0n) is 17.0. The Morgan fingerprint density at radius 1 is 1.13 bits per heavy atom. The molecule has 2 amide bonds. The third-order valence-corrected chi connectivity index (χ3v) is 7.42. The molecular weight excluding hydrogens is 408 g/mol. The number of hydrogen-bond acceptors (Lipinski definition) is 7. The summed E-state index contributed by atoms with van der Waals surface area (Å²) < 4.78 is 6.25. The number of urea groups is 1. The van der Waals surface area contributed by atoms with Gasteiger partial charge in [-0.2, -0.15) is 0 Å². The molecule has 1 aromatic rings. The van der Waals surface area contributed by atoms with Gasteiger partial charge in [0.05, 0.1) is 6.61 Å². The van der Waals surface area contributed by atoms with Crippen LogP contribution in [0, 0.1) is 17.8 Å². The first kappa shape index (κ1) is 20.7. The van der Waals surface area contributed by atoms with E-state index in [-0.39, 0.29) is 11.2 Å². The van der Waals surface area contributed by atoms with Crippen LogP contribution >= 0.6 is 0 Å². The fraction of sp³-hybridized carbons (Fsp3) is 0.750. The van der Waals surface area contributed by atoms with E-state index in [9.17, 15) is 29.7 Å². The molecule has 2 heterocycles. The third kappa shape index (κ3) is 3.59. The summed E-state index contributed by atoms with van der Waals surface area (Å²) in [6, 6.07) is -0.515. The van der Waals surface area contributed by atoms with E-state index in [4.69, 9.17) is 4.74 Å². The monoisotopic (exact) mass is 436 g/mol. The predicted molar refractivity (Wildman–Crippen MR) is 107 cm³/mol. The average molecular weight is 436 g/mol. The molecule has 11 nitrogen and oxygen atoms in total. The average Bonchev–Trinajstić information content (AvgIpc) is 2.97. The van der Waals surface area contributed by atoms with Gasteiger partial charge in [0.15, 0.2) is 6.23 Å². The molecule has 4 unspecified atom stereocenters. The topological polar surface area (TPSA) is 166 Å². The highest BCUT2D eigenvalue weighted by molar-refractivity contribution is 5.89. The van der Waals surface area contributed by atoms with Crippen LogP contribution in [0.1, 0.15) is 44.8 Å². The van der Waals surface area contributed by atoms with Crippen LogP contribution in [0.2, 0.25) is 0 Å². The Morgan fingerprint density at radius 3 is 2.29 bits per heavy atom. The summed E-state index contributed by atoms with van der Waals surface area (Å²) in [4.78, 5) is 39.4. The van der Waals surface area contributed by atoms with Gasteiger partial charge in [0, 0.05) is 11.7 Å². The van der Waals surface area contributed by atoms with Crippen molar-refractivity contribution in [2.75, 3.05) is 11.9 Å². The number of aromatic nitrogens is 2. The van der Waals surface area contributed by atoms with E-state index in [0.717, 1.165) is 30.0 Å². The normalized spacial score (nSPS) is 40.8. The number of aliphatic hydroxyl groups excluding tert-OH is 3. The van der Waals surface area contributed by atoms with Gasteiger partial charge >= 0.3 is 11.7 Å². The first-order valence-electron chi connectivity index (χ1n) is 10.8. The largest absolute Gasteiger partial charge is 0.394 e.